The summed E-state index contributed by atoms with van der Waals surface area (Å²) in [4.78, 5) is 29.7. The number of esters is 1. The Morgan fingerprint density at radius 1 is 0.946 bits per heavy atom. The minimum absolute atomic E-state index is 0.0101. The van der Waals surface area contributed by atoms with Crippen LogP contribution in [0.3, 0.4) is 0 Å². The number of rotatable bonds is 5. The molecule has 0 spiro atoms. The van der Waals surface area contributed by atoms with Crippen LogP contribution in [-0.2, 0) is 19.7 Å². The third kappa shape index (κ3) is 3.09. The van der Waals surface area contributed by atoms with Crippen LogP contribution in [0.2, 0.25) is 0 Å². The molecule has 5 heteroatoms. The van der Waals surface area contributed by atoms with E-state index in [0.717, 1.165) is 12.8 Å². The molecule has 0 radical (unpaired) electrons. The van der Waals surface area contributed by atoms with Gasteiger partial charge in [-0.3, -0.25) is 9.59 Å². The van der Waals surface area contributed by atoms with E-state index < -0.39 is 5.41 Å². The Balaban J connectivity index is 1.50. The Hall–Kier alpha value is -3.86. The molecular formula is C32H31NO4. The van der Waals surface area contributed by atoms with Crippen LogP contribution in [0.5, 0.6) is 5.75 Å². The van der Waals surface area contributed by atoms with Gasteiger partial charge in [-0.05, 0) is 35.6 Å². The van der Waals surface area contributed by atoms with E-state index in [4.69, 9.17) is 9.47 Å². The molecule has 3 aliphatic carbocycles. The van der Waals surface area contributed by atoms with Crippen LogP contribution in [0.1, 0.15) is 41.0 Å². The van der Waals surface area contributed by atoms with Crippen molar-refractivity contribution in [2.24, 2.45) is 11.3 Å². The first-order valence-electron chi connectivity index (χ1n) is 12.8. The van der Waals surface area contributed by atoms with Crippen molar-refractivity contribution in [1.29, 1.82) is 0 Å². The molecule has 1 saturated carbocycles. The minimum Gasteiger partial charge on any atom is -0.496 e. The minimum atomic E-state index is -0.825. The number of benzene rings is 3. The zero-order valence-electron chi connectivity index (χ0n) is 21.3. The normalized spacial score (nSPS) is 27.2. The lowest BCUT2D eigenvalue weighted by molar-refractivity contribution is -0.161. The van der Waals surface area contributed by atoms with E-state index in [1.54, 1.807) is 7.11 Å². The first-order chi connectivity index (χ1) is 18.0. The summed E-state index contributed by atoms with van der Waals surface area (Å²) in [6, 6.07) is 26.4. The van der Waals surface area contributed by atoms with Gasteiger partial charge in [-0.1, -0.05) is 79.4 Å². The highest BCUT2D eigenvalue weighted by molar-refractivity contribution is 6.19. The Kier molecular flexibility index (Phi) is 5.48. The summed E-state index contributed by atoms with van der Waals surface area (Å²) in [5.41, 5.74) is 3.50. The smallest absolute Gasteiger partial charge is 0.314 e. The van der Waals surface area contributed by atoms with Crippen molar-refractivity contribution in [3.05, 3.63) is 108 Å². The molecule has 1 amide bonds. The van der Waals surface area contributed by atoms with Crippen molar-refractivity contribution in [3.63, 3.8) is 0 Å². The van der Waals surface area contributed by atoms with Gasteiger partial charge in [0, 0.05) is 41.5 Å². The molecule has 1 heterocycles. The van der Waals surface area contributed by atoms with Gasteiger partial charge < -0.3 is 14.4 Å². The maximum atomic E-state index is 14.0. The highest BCUT2D eigenvalue weighted by atomic mass is 16.5. The van der Waals surface area contributed by atoms with Gasteiger partial charge in [0.1, 0.15) is 5.75 Å². The van der Waals surface area contributed by atoms with Gasteiger partial charge >= 0.3 is 5.97 Å². The first-order valence-corrected chi connectivity index (χ1v) is 12.8. The highest BCUT2D eigenvalue weighted by Crippen LogP contribution is 2.69. The Morgan fingerprint density at radius 3 is 2.41 bits per heavy atom. The van der Waals surface area contributed by atoms with Crippen LogP contribution < -0.4 is 4.74 Å². The lowest BCUT2D eigenvalue weighted by Gasteiger charge is -2.59. The fourth-order valence-electron chi connectivity index (χ4n) is 7.72. The number of ether oxygens (including phenoxy) is 2. The van der Waals surface area contributed by atoms with E-state index >= 15 is 0 Å². The van der Waals surface area contributed by atoms with Crippen molar-refractivity contribution >= 4 is 17.4 Å². The van der Waals surface area contributed by atoms with Crippen molar-refractivity contribution in [1.82, 2.24) is 4.90 Å². The van der Waals surface area contributed by atoms with E-state index in [0.29, 0.717) is 30.0 Å². The Labute approximate surface area is 217 Å². The molecule has 7 rings (SSSR count). The summed E-state index contributed by atoms with van der Waals surface area (Å²) in [5.74, 6) is 0.0828. The number of carbonyl (C=O) groups excluding carboxylic acids is 2. The van der Waals surface area contributed by atoms with E-state index in [-0.39, 0.29) is 29.1 Å². The molecule has 2 fully saturated rings. The molecule has 0 N–H and O–H groups in total. The maximum Gasteiger partial charge on any atom is 0.314 e. The molecule has 4 atom stereocenters. The van der Waals surface area contributed by atoms with E-state index in [1.807, 2.05) is 35.2 Å². The molecule has 1 aliphatic heterocycles. The third-order valence-electron chi connectivity index (χ3n) is 9.17. The van der Waals surface area contributed by atoms with Crippen LogP contribution in [0.15, 0.2) is 85.4 Å². The molecule has 2 bridgehead atoms. The average Bonchev–Trinajstić information content (AvgIpc) is 3.40. The molecule has 0 aromatic heterocycles. The number of amides is 1. The monoisotopic (exact) mass is 493 g/mol. The second-order valence-corrected chi connectivity index (χ2v) is 10.5. The molecular weight excluding hydrogens is 462 g/mol. The maximum absolute atomic E-state index is 14.0. The molecule has 3 aromatic carbocycles. The van der Waals surface area contributed by atoms with Crippen LogP contribution in [0.4, 0.5) is 0 Å². The highest BCUT2D eigenvalue weighted by Gasteiger charge is 2.71. The zero-order chi connectivity index (χ0) is 25.8. The molecule has 3 aromatic rings. The van der Waals surface area contributed by atoms with Gasteiger partial charge in [0.05, 0.1) is 19.6 Å². The van der Waals surface area contributed by atoms with Gasteiger partial charge in [0.25, 0.3) is 5.91 Å². The molecule has 0 unspecified atom stereocenters. The quantitative estimate of drug-likeness (QED) is 0.362. The number of hydrogen-bond acceptors (Lipinski definition) is 4. The first kappa shape index (κ1) is 23.5. The second kappa shape index (κ2) is 8.62. The molecule has 188 valence electrons. The number of carbonyl (C=O) groups is 2. The number of fused-ring (bicyclic) bond motifs is 1. The number of likely N-dealkylation sites (tertiary alicyclic amines) is 1. The zero-order valence-corrected chi connectivity index (χ0v) is 21.3. The lowest BCUT2D eigenvalue weighted by Crippen LogP contribution is -2.60. The fourth-order valence-corrected chi connectivity index (χ4v) is 7.72. The SMILES string of the molecule is C=C(C(=O)N1C[C@H]2[C@@]3(c4ccccc4)CC[C@H](c4ccccc43)[C@@]2(C(=O)OC)C1)c1ccccc1OC. The van der Waals surface area contributed by atoms with E-state index in [9.17, 15) is 9.59 Å². The molecule has 37 heavy (non-hydrogen) atoms. The van der Waals surface area contributed by atoms with Crippen LogP contribution in [0.25, 0.3) is 5.57 Å². The molecule has 5 nitrogen and oxygen atoms in total. The average molecular weight is 494 g/mol. The Bertz CT molecular complexity index is 1400. The third-order valence-corrected chi connectivity index (χ3v) is 9.17. The standard InChI is InChI=1S/C32H31NO4/c1-21(23-13-8-10-16-27(23)36-2)29(34)33-19-28-31(22-11-5-4-6-12-22)18-17-26(24-14-7-9-15-25(24)31)32(28,20-33)30(35)37-3/h4-16,26,28H,1,17-20H2,2-3H3/t26-,28+,31-,32+/m1/s1. The summed E-state index contributed by atoms with van der Waals surface area (Å²) in [6.07, 6.45) is 1.80. The summed E-state index contributed by atoms with van der Waals surface area (Å²) >= 11 is 0. The van der Waals surface area contributed by atoms with Crippen molar-refractivity contribution in [3.8, 4) is 5.75 Å². The van der Waals surface area contributed by atoms with Gasteiger partial charge in [0.15, 0.2) is 0 Å². The van der Waals surface area contributed by atoms with Crippen LogP contribution in [0, 0.1) is 11.3 Å². The van der Waals surface area contributed by atoms with Crippen molar-refractivity contribution in [2.45, 2.75) is 24.2 Å². The fraction of sp³-hybridized carbons (Fsp3) is 0.312. The van der Waals surface area contributed by atoms with Gasteiger partial charge in [-0.25, -0.2) is 0 Å². The predicted molar refractivity (Wildman–Crippen MR) is 142 cm³/mol. The summed E-state index contributed by atoms with van der Waals surface area (Å²) in [5, 5.41) is 0. The lowest BCUT2D eigenvalue weighted by atomic mass is 9.42. The summed E-state index contributed by atoms with van der Waals surface area (Å²) in [6.45, 7) is 4.94. The number of nitrogens with zero attached hydrogens (tertiary/aromatic N) is 1. The number of methoxy groups -OCH3 is 2. The van der Waals surface area contributed by atoms with Crippen molar-refractivity contribution in [2.75, 3.05) is 27.3 Å². The number of para-hydroxylation sites is 1. The molecule has 4 aliphatic rings. The molecule has 1 saturated heterocycles. The van der Waals surface area contributed by atoms with Crippen LogP contribution >= 0.6 is 0 Å². The predicted octanol–water partition coefficient (Wildman–Crippen LogP) is 5.20. The van der Waals surface area contributed by atoms with E-state index in [1.165, 1.54) is 23.8 Å². The van der Waals surface area contributed by atoms with E-state index in [2.05, 4.69) is 55.1 Å². The van der Waals surface area contributed by atoms with Crippen molar-refractivity contribution < 1.29 is 19.1 Å². The largest absolute Gasteiger partial charge is 0.496 e. The Morgan fingerprint density at radius 2 is 1.65 bits per heavy atom. The second-order valence-electron chi connectivity index (χ2n) is 10.5. The summed E-state index contributed by atoms with van der Waals surface area (Å²) in [7, 11) is 3.06. The van der Waals surface area contributed by atoms with Gasteiger partial charge in [-0.2, -0.15) is 0 Å². The van der Waals surface area contributed by atoms with Crippen LogP contribution in [-0.4, -0.2) is 44.1 Å². The topological polar surface area (TPSA) is 55.8 Å². The van der Waals surface area contributed by atoms with Gasteiger partial charge in [0.2, 0.25) is 0 Å². The van der Waals surface area contributed by atoms with Gasteiger partial charge in [-0.15, -0.1) is 0 Å². The number of hydrogen-bond donors (Lipinski definition) is 0. The summed E-state index contributed by atoms with van der Waals surface area (Å²) < 4.78 is 11.0.